The normalized spacial score (nSPS) is 11.9. The number of hydrogen-bond donors (Lipinski definition) is 2. The number of nitrogen functional groups attached to an aromatic ring is 1. The number of nitrogens with two attached hydrogens (primary N) is 1. The minimum atomic E-state index is -0.685. The van der Waals surface area contributed by atoms with E-state index in [4.69, 9.17) is 33.7 Å². The fraction of sp³-hybridized carbons (Fsp3) is 0.200. The van der Waals surface area contributed by atoms with Gasteiger partial charge in [-0.2, -0.15) is 0 Å². The lowest BCUT2D eigenvalue weighted by atomic mass is 10.0. The first-order valence-electron chi connectivity index (χ1n) is 12.3. The van der Waals surface area contributed by atoms with Crippen LogP contribution in [0.1, 0.15) is 40.1 Å². The minimum absolute atomic E-state index is 0.104. The smallest absolute Gasteiger partial charge is 0.251 e. The third-order valence-electron chi connectivity index (χ3n) is 6.13. The molecule has 3 aromatic carbocycles. The van der Waals surface area contributed by atoms with Gasteiger partial charge >= 0.3 is 0 Å². The van der Waals surface area contributed by atoms with Gasteiger partial charge in [-0.1, -0.05) is 59.6 Å². The first-order chi connectivity index (χ1) is 18.6. The van der Waals surface area contributed by atoms with Crippen LogP contribution >= 0.6 is 23.2 Å². The zero-order valence-electron chi connectivity index (χ0n) is 21.8. The third kappa shape index (κ3) is 7.06. The van der Waals surface area contributed by atoms with Crippen molar-refractivity contribution in [2.45, 2.75) is 26.1 Å². The summed E-state index contributed by atoms with van der Waals surface area (Å²) in [5.41, 5.74) is 10.7. The number of nitrogens with zero attached hydrogens (tertiary/aromatic N) is 2. The second-order valence-corrected chi connectivity index (χ2v) is 10.2. The predicted molar refractivity (Wildman–Crippen MR) is 155 cm³/mol. The Balaban J connectivity index is 1.43. The monoisotopic (exact) mass is 566 g/mol. The van der Waals surface area contributed by atoms with Crippen LogP contribution < -0.4 is 15.8 Å². The van der Waals surface area contributed by atoms with Crippen molar-refractivity contribution in [2.75, 3.05) is 19.8 Å². The molecule has 1 aromatic heterocycles. The van der Waals surface area contributed by atoms with Gasteiger partial charge in [-0.15, -0.1) is 0 Å². The van der Waals surface area contributed by atoms with Crippen molar-refractivity contribution in [2.24, 2.45) is 0 Å². The second kappa shape index (κ2) is 12.5. The Hall–Kier alpha value is -3.65. The molecule has 3 N–H and O–H groups in total. The maximum absolute atomic E-state index is 14.0. The van der Waals surface area contributed by atoms with Crippen molar-refractivity contribution < 1.29 is 13.9 Å². The molecule has 1 heterocycles. The molecule has 9 heteroatoms. The highest BCUT2D eigenvalue weighted by atomic mass is 35.5. The summed E-state index contributed by atoms with van der Waals surface area (Å²) in [6.45, 7) is 3.00. The first kappa shape index (κ1) is 28.4. The number of halogens is 3. The van der Waals surface area contributed by atoms with Gasteiger partial charge in [-0.25, -0.2) is 9.37 Å². The van der Waals surface area contributed by atoms with Gasteiger partial charge in [0.05, 0.1) is 5.02 Å². The number of amides is 1. The van der Waals surface area contributed by atoms with Crippen LogP contribution in [0.5, 0.6) is 5.75 Å². The first-order valence-corrected chi connectivity index (χ1v) is 13.0. The summed E-state index contributed by atoms with van der Waals surface area (Å²) in [4.78, 5) is 19.0. The highest BCUT2D eigenvalue weighted by molar-refractivity contribution is 6.36. The van der Waals surface area contributed by atoms with Crippen molar-refractivity contribution in [1.29, 1.82) is 0 Å². The Labute approximate surface area is 237 Å². The number of benzene rings is 3. The summed E-state index contributed by atoms with van der Waals surface area (Å²) >= 11 is 12.4. The van der Waals surface area contributed by atoms with Crippen molar-refractivity contribution >= 4 is 34.9 Å². The third-order valence-corrected chi connectivity index (χ3v) is 6.84. The number of pyridine rings is 1. The highest BCUT2D eigenvalue weighted by Crippen LogP contribution is 2.37. The largest absolute Gasteiger partial charge is 0.482 e. The lowest BCUT2D eigenvalue weighted by Gasteiger charge is -2.19. The molecule has 1 unspecified atom stereocenters. The zero-order valence-corrected chi connectivity index (χ0v) is 23.4. The van der Waals surface area contributed by atoms with Gasteiger partial charge in [0, 0.05) is 41.0 Å². The highest BCUT2D eigenvalue weighted by Gasteiger charge is 2.20. The average molecular weight is 567 g/mol. The molecule has 0 aliphatic heterocycles. The number of anilines is 1. The Bertz CT molecular complexity index is 1460. The summed E-state index contributed by atoms with van der Waals surface area (Å²) < 4.78 is 20.0. The average Bonchev–Trinajstić information content (AvgIpc) is 2.91. The van der Waals surface area contributed by atoms with Gasteiger partial charge in [0.25, 0.3) is 5.91 Å². The Morgan fingerprint density at radius 1 is 1.03 bits per heavy atom. The van der Waals surface area contributed by atoms with Gasteiger partial charge in [0.1, 0.15) is 11.9 Å². The van der Waals surface area contributed by atoms with E-state index in [1.165, 1.54) is 17.7 Å². The summed E-state index contributed by atoms with van der Waals surface area (Å²) in [6, 6.07) is 19.7. The van der Waals surface area contributed by atoms with Crippen LogP contribution in [0.15, 0.2) is 72.9 Å². The summed E-state index contributed by atoms with van der Waals surface area (Å²) in [5.74, 6) is -0.292. The molecule has 4 rings (SSSR count). The summed E-state index contributed by atoms with van der Waals surface area (Å²) in [6.07, 6.45) is 0.930. The maximum Gasteiger partial charge on any atom is 0.251 e. The molecule has 0 spiro atoms. The SMILES string of the molecule is CC(Oc1cc(-c2ccc(C(=O)NCc3ccc(CN(C)C)cc3)cc2)cnc1N)c1c(Cl)ccc(F)c1Cl. The van der Waals surface area contributed by atoms with E-state index in [0.717, 1.165) is 23.2 Å². The van der Waals surface area contributed by atoms with Crippen LogP contribution in [0, 0.1) is 5.82 Å². The Morgan fingerprint density at radius 2 is 1.69 bits per heavy atom. The quantitative estimate of drug-likeness (QED) is 0.215. The Kier molecular flexibility index (Phi) is 9.07. The Morgan fingerprint density at radius 3 is 2.36 bits per heavy atom. The number of carbonyl (C=O) groups excluding carboxylic acids is 1. The van der Waals surface area contributed by atoms with E-state index in [9.17, 15) is 9.18 Å². The summed E-state index contributed by atoms with van der Waals surface area (Å²) in [5, 5.41) is 3.14. The molecule has 0 radical (unpaired) electrons. The molecule has 202 valence electrons. The topological polar surface area (TPSA) is 80.5 Å². The molecule has 0 aliphatic rings. The van der Waals surface area contributed by atoms with E-state index in [1.807, 2.05) is 38.4 Å². The summed E-state index contributed by atoms with van der Waals surface area (Å²) in [7, 11) is 4.05. The number of ether oxygens (including phenoxy) is 1. The maximum atomic E-state index is 14.0. The number of hydrogen-bond acceptors (Lipinski definition) is 5. The molecule has 4 aromatic rings. The van der Waals surface area contributed by atoms with Crippen molar-refractivity contribution in [3.05, 3.63) is 111 Å². The van der Waals surface area contributed by atoms with E-state index in [1.54, 1.807) is 31.3 Å². The van der Waals surface area contributed by atoms with E-state index in [-0.39, 0.29) is 21.8 Å². The van der Waals surface area contributed by atoms with Crippen LogP contribution in [-0.2, 0) is 13.1 Å². The van der Waals surface area contributed by atoms with Gasteiger partial charge < -0.3 is 20.7 Å². The number of aromatic nitrogens is 1. The van der Waals surface area contributed by atoms with Crippen LogP contribution in [0.2, 0.25) is 10.0 Å². The van der Waals surface area contributed by atoms with Crippen molar-refractivity contribution in [3.8, 4) is 16.9 Å². The molecule has 0 saturated carbocycles. The van der Waals surface area contributed by atoms with Crippen molar-refractivity contribution in [3.63, 3.8) is 0 Å². The standard InChI is InChI=1S/C30H29Cl2FN4O2/c1-18(27-24(31)12-13-25(33)28(27)32)39-26-14-23(16-35-29(26)34)21-8-10-22(11-9-21)30(38)36-15-19-4-6-20(7-5-19)17-37(2)3/h4-14,16,18H,15,17H2,1-3H3,(H2,34,35)(H,36,38). The molecule has 6 nitrogen and oxygen atoms in total. The van der Waals surface area contributed by atoms with Gasteiger partial charge in [0.15, 0.2) is 11.6 Å². The van der Waals surface area contributed by atoms with Gasteiger partial charge in [-0.05, 0) is 68.0 Å². The van der Waals surface area contributed by atoms with Crippen LogP contribution in [0.3, 0.4) is 0 Å². The lowest BCUT2D eigenvalue weighted by molar-refractivity contribution is 0.0951. The van der Waals surface area contributed by atoms with E-state index < -0.39 is 11.9 Å². The van der Waals surface area contributed by atoms with Crippen LogP contribution in [0.4, 0.5) is 10.2 Å². The minimum Gasteiger partial charge on any atom is -0.482 e. The molecular weight excluding hydrogens is 538 g/mol. The molecule has 39 heavy (non-hydrogen) atoms. The van der Waals surface area contributed by atoms with Gasteiger partial charge in [-0.3, -0.25) is 4.79 Å². The van der Waals surface area contributed by atoms with Gasteiger partial charge in [0.2, 0.25) is 0 Å². The molecule has 1 amide bonds. The fourth-order valence-electron chi connectivity index (χ4n) is 4.10. The molecule has 0 fully saturated rings. The number of nitrogens with one attached hydrogen (secondary N) is 1. The van der Waals surface area contributed by atoms with Crippen LogP contribution in [0.25, 0.3) is 11.1 Å². The fourth-order valence-corrected chi connectivity index (χ4v) is 4.78. The van der Waals surface area contributed by atoms with Crippen LogP contribution in [-0.4, -0.2) is 29.9 Å². The van der Waals surface area contributed by atoms with E-state index in [0.29, 0.717) is 23.4 Å². The molecule has 1 atom stereocenters. The lowest BCUT2D eigenvalue weighted by Crippen LogP contribution is -2.22. The molecule has 0 aliphatic carbocycles. The second-order valence-electron chi connectivity index (χ2n) is 9.44. The molecular formula is C30H29Cl2FN4O2. The van der Waals surface area contributed by atoms with Crippen molar-refractivity contribution in [1.82, 2.24) is 15.2 Å². The zero-order chi connectivity index (χ0) is 28.1. The number of carbonyl (C=O) groups is 1. The van der Waals surface area contributed by atoms with E-state index >= 15 is 0 Å². The molecule has 0 bridgehead atoms. The van der Waals surface area contributed by atoms with E-state index in [2.05, 4.69) is 27.3 Å². The predicted octanol–water partition coefficient (Wildman–Crippen LogP) is 6.91. The molecule has 0 saturated heterocycles. The number of rotatable bonds is 9.